The molecule has 3 nitrogen and oxygen atoms in total. The minimum atomic E-state index is -3.99. The Bertz CT molecular complexity index is 2670. The van der Waals surface area contributed by atoms with E-state index in [0.29, 0.717) is 5.56 Å². The van der Waals surface area contributed by atoms with Crippen molar-refractivity contribution in [1.29, 1.82) is 0 Å². The standard InChI is InChI=1S/C14H16O3S.2C13H14.C8H9.C6H5.C2H6.Y/c1-9-4-12-6-11(3)14(8-18(15,16)17)7-13(12)5-10(9)2;1-9-4-5-12-7-10(2)6-11(3)13(12)8-9;1-9-4-5-12-7-10(2)11(3)8-13(12)6-9;1-7-3-5-8(2)6-4-7;1-2-4-6-5-3-1;1-2;/h4-7H,8H2,1-3H3,(H,15,16,17);2*4-8H,1-3H3;3-5H,1-2H3;1-5H;1-2H3;/q;;;2*-1;;. The van der Waals surface area contributed by atoms with Gasteiger partial charge >= 0.3 is 0 Å². The number of benzene rings is 8. The average Bonchev–Trinajstić information content (AvgIpc) is 3.20. The summed E-state index contributed by atoms with van der Waals surface area (Å²) in [5, 5.41) is 7.52. The van der Waals surface area contributed by atoms with E-state index in [1.807, 2.05) is 89.2 Å². The molecule has 0 spiro atoms. The fourth-order valence-electron chi connectivity index (χ4n) is 6.50. The van der Waals surface area contributed by atoms with E-state index in [9.17, 15) is 8.42 Å². The van der Waals surface area contributed by atoms with Gasteiger partial charge in [0, 0.05) is 32.7 Å². The van der Waals surface area contributed by atoms with Crippen LogP contribution in [0.4, 0.5) is 0 Å². The predicted molar refractivity (Wildman–Crippen MR) is 261 cm³/mol. The van der Waals surface area contributed by atoms with Crippen LogP contribution in [0.1, 0.15) is 80.6 Å². The van der Waals surface area contributed by atoms with Crippen LogP contribution in [-0.4, -0.2) is 13.0 Å². The first-order valence-corrected chi connectivity index (χ1v) is 22.3. The van der Waals surface area contributed by atoms with Crippen molar-refractivity contribution in [3.8, 4) is 0 Å². The van der Waals surface area contributed by atoms with Gasteiger partial charge in [-0.05, 0) is 140 Å². The monoisotopic (exact) mass is 905 g/mol. The molecule has 1 radical (unpaired) electrons. The molecule has 61 heavy (non-hydrogen) atoms. The number of aryl methyl sites for hydroxylation is 11. The van der Waals surface area contributed by atoms with Gasteiger partial charge in [0.1, 0.15) is 5.75 Å². The third-order valence-electron chi connectivity index (χ3n) is 10.0. The molecule has 0 atom stereocenters. The molecule has 0 aromatic heterocycles. The molecule has 0 fully saturated rings. The average molecular weight is 906 g/mol. The van der Waals surface area contributed by atoms with E-state index >= 15 is 0 Å². The van der Waals surface area contributed by atoms with Crippen molar-refractivity contribution in [2.45, 2.75) is 95.8 Å². The van der Waals surface area contributed by atoms with Crippen LogP contribution in [0, 0.1) is 88.3 Å². The molecule has 1 N–H and O–H groups in total. The summed E-state index contributed by atoms with van der Waals surface area (Å²) in [4.78, 5) is 0. The Labute approximate surface area is 393 Å². The Morgan fingerprint density at radius 2 is 0.918 bits per heavy atom. The third-order valence-corrected chi connectivity index (χ3v) is 10.7. The van der Waals surface area contributed by atoms with Gasteiger partial charge in [0.15, 0.2) is 0 Å². The van der Waals surface area contributed by atoms with Gasteiger partial charge in [-0.2, -0.15) is 80.2 Å². The maximum Gasteiger partial charge on any atom is 0.269 e. The van der Waals surface area contributed by atoms with Crippen molar-refractivity contribution in [3.63, 3.8) is 0 Å². The first-order chi connectivity index (χ1) is 28.4. The molecule has 0 amide bonds. The molecule has 0 aliphatic heterocycles. The molecule has 0 saturated heterocycles. The minimum Gasteiger partial charge on any atom is -0.285 e. The molecule has 8 rings (SSSR count). The summed E-state index contributed by atoms with van der Waals surface area (Å²) in [5.41, 5.74) is 14.5. The molecule has 0 unspecified atom stereocenters. The molecule has 0 aliphatic rings. The van der Waals surface area contributed by atoms with Gasteiger partial charge in [-0.1, -0.05) is 123 Å². The van der Waals surface area contributed by atoms with Crippen molar-refractivity contribution in [3.05, 3.63) is 212 Å². The largest absolute Gasteiger partial charge is 0.285 e. The summed E-state index contributed by atoms with van der Waals surface area (Å²) < 4.78 is 30.9. The van der Waals surface area contributed by atoms with Crippen LogP contribution in [0.2, 0.25) is 0 Å². The van der Waals surface area contributed by atoms with E-state index in [1.54, 1.807) is 0 Å². The Balaban J connectivity index is 0.000000269. The summed E-state index contributed by atoms with van der Waals surface area (Å²) in [6.07, 6.45) is 0. The summed E-state index contributed by atoms with van der Waals surface area (Å²) >= 11 is 0. The molecular formula is C56H64O3SY-2. The molecule has 0 heterocycles. The van der Waals surface area contributed by atoms with Crippen molar-refractivity contribution in [1.82, 2.24) is 0 Å². The summed E-state index contributed by atoms with van der Waals surface area (Å²) in [7, 11) is -3.99. The van der Waals surface area contributed by atoms with Gasteiger partial charge in [0.25, 0.3) is 10.1 Å². The number of hydrogen-bond acceptors (Lipinski definition) is 2. The van der Waals surface area contributed by atoms with Crippen LogP contribution >= 0.6 is 0 Å². The van der Waals surface area contributed by atoms with Crippen LogP contribution in [0.5, 0.6) is 0 Å². The molecule has 0 saturated carbocycles. The Hall–Kier alpha value is -4.45. The third kappa shape index (κ3) is 17.8. The molecule has 0 aliphatic carbocycles. The van der Waals surface area contributed by atoms with Crippen molar-refractivity contribution < 1.29 is 45.7 Å². The Morgan fingerprint density at radius 1 is 0.459 bits per heavy atom. The van der Waals surface area contributed by atoms with Crippen molar-refractivity contribution in [2.24, 2.45) is 0 Å². The van der Waals surface area contributed by atoms with Crippen molar-refractivity contribution in [2.75, 3.05) is 0 Å². The summed E-state index contributed by atoms with van der Waals surface area (Å²) in [6, 6.07) is 51.9. The fourth-order valence-corrected chi connectivity index (χ4v) is 7.21. The van der Waals surface area contributed by atoms with Crippen LogP contribution in [0.15, 0.2) is 133 Å². The maximum atomic E-state index is 11.0. The molecule has 8 aromatic rings. The number of hydrogen-bond donors (Lipinski definition) is 1. The first kappa shape index (κ1) is 52.7. The van der Waals surface area contributed by atoms with Gasteiger partial charge in [-0.3, -0.25) is 4.55 Å². The van der Waals surface area contributed by atoms with Crippen LogP contribution in [0.3, 0.4) is 0 Å². The van der Waals surface area contributed by atoms with Gasteiger partial charge in [-0.15, -0.1) is 0 Å². The molecule has 317 valence electrons. The number of rotatable bonds is 2. The van der Waals surface area contributed by atoms with Crippen LogP contribution in [-0.2, 0) is 48.6 Å². The second-order valence-electron chi connectivity index (χ2n) is 15.5. The van der Waals surface area contributed by atoms with E-state index in [1.165, 1.54) is 77.2 Å². The Morgan fingerprint density at radius 3 is 1.39 bits per heavy atom. The zero-order chi connectivity index (χ0) is 44.6. The van der Waals surface area contributed by atoms with Crippen LogP contribution < -0.4 is 0 Å². The van der Waals surface area contributed by atoms with E-state index < -0.39 is 10.1 Å². The second kappa shape index (κ2) is 25.5. The second-order valence-corrected chi connectivity index (χ2v) is 17.0. The summed E-state index contributed by atoms with van der Waals surface area (Å²) in [5.74, 6) is -0.332. The van der Waals surface area contributed by atoms with Crippen LogP contribution in [0.25, 0.3) is 32.3 Å². The molecule has 5 heteroatoms. The minimum absolute atomic E-state index is 0. The molecular weight excluding hydrogens is 842 g/mol. The predicted octanol–water partition coefficient (Wildman–Crippen LogP) is 15.3. The van der Waals surface area contributed by atoms with Gasteiger partial charge < -0.3 is 0 Å². The number of fused-ring (bicyclic) bond motifs is 3. The molecule has 8 aromatic carbocycles. The summed E-state index contributed by atoms with van der Waals surface area (Å²) in [6.45, 7) is 27.0. The van der Waals surface area contributed by atoms with Gasteiger partial charge in [-0.25, -0.2) is 0 Å². The fraction of sp³-hybridized carbons (Fsp3) is 0.250. The van der Waals surface area contributed by atoms with E-state index in [-0.39, 0.29) is 38.5 Å². The first-order valence-electron chi connectivity index (χ1n) is 20.7. The Kier molecular flexibility index (Phi) is 22.0. The van der Waals surface area contributed by atoms with E-state index in [2.05, 4.69) is 146 Å². The zero-order valence-electron chi connectivity index (χ0n) is 38.7. The van der Waals surface area contributed by atoms with Crippen molar-refractivity contribution >= 4 is 42.4 Å². The SMILES string of the molecule is CC.Cc1[c-]cc(C)cc1.Cc1cc(C)c2cc(C)ccc2c1.Cc1cc2cc(C)c(CS(=O)(=O)O)cc2cc1C.Cc1ccc2cc(C)c(C)cc2c1.[Y].[c-]1ccccc1. The topological polar surface area (TPSA) is 54.4 Å². The van der Waals surface area contributed by atoms with Gasteiger partial charge in [0.05, 0.1) is 0 Å². The maximum absolute atomic E-state index is 11.0. The molecule has 0 bridgehead atoms. The van der Waals surface area contributed by atoms with E-state index in [0.717, 1.165) is 16.3 Å². The van der Waals surface area contributed by atoms with Gasteiger partial charge in [0.2, 0.25) is 0 Å². The quantitative estimate of drug-likeness (QED) is 0.139. The smallest absolute Gasteiger partial charge is 0.269 e. The normalized spacial score (nSPS) is 10.2. The van der Waals surface area contributed by atoms with E-state index in [4.69, 9.17) is 4.55 Å². The zero-order valence-corrected chi connectivity index (χ0v) is 42.3.